The van der Waals surface area contributed by atoms with Gasteiger partial charge in [-0.1, -0.05) is 31.4 Å². The lowest BCUT2D eigenvalue weighted by atomic mass is 9.97. The molecule has 108 valence electrons. The molecule has 0 aliphatic heterocycles. The fourth-order valence-corrected chi connectivity index (χ4v) is 2.03. The first kappa shape index (κ1) is 16.3. The third-order valence-corrected chi connectivity index (χ3v) is 3.12. The van der Waals surface area contributed by atoms with Crippen LogP contribution in [0.4, 0.5) is 13.2 Å². The van der Waals surface area contributed by atoms with Gasteiger partial charge in [-0.3, -0.25) is 0 Å². The van der Waals surface area contributed by atoms with Crippen LogP contribution in [0.25, 0.3) is 0 Å². The summed E-state index contributed by atoms with van der Waals surface area (Å²) in [5.74, 6) is 0. The van der Waals surface area contributed by atoms with Gasteiger partial charge < -0.3 is 10.8 Å². The van der Waals surface area contributed by atoms with Crippen LogP contribution in [-0.2, 0) is 6.18 Å². The Labute approximate surface area is 115 Å². The second-order valence-corrected chi connectivity index (χ2v) is 4.94. The summed E-state index contributed by atoms with van der Waals surface area (Å²) in [7, 11) is 0. The smallest absolute Gasteiger partial charge is 0.391 e. The monoisotopic (exact) mass is 295 g/mol. The first-order valence-electron chi connectivity index (χ1n) is 6.07. The minimum atomic E-state index is -4.48. The van der Waals surface area contributed by atoms with Gasteiger partial charge in [0.1, 0.15) is 0 Å². The van der Waals surface area contributed by atoms with Crippen molar-refractivity contribution in [3.63, 3.8) is 0 Å². The lowest BCUT2D eigenvalue weighted by Gasteiger charge is -2.20. The maximum Gasteiger partial charge on any atom is 0.416 e. The van der Waals surface area contributed by atoms with Gasteiger partial charge in [-0.05, 0) is 30.2 Å². The third kappa shape index (κ3) is 4.67. The van der Waals surface area contributed by atoms with Crippen LogP contribution in [0.3, 0.4) is 0 Å². The Morgan fingerprint density at radius 1 is 1.32 bits per heavy atom. The highest BCUT2D eigenvalue weighted by molar-refractivity contribution is 6.30. The molecule has 0 aliphatic rings. The number of aliphatic hydroxyl groups is 1. The van der Waals surface area contributed by atoms with E-state index in [9.17, 15) is 18.3 Å². The molecule has 0 radical (unpaired) electrons. The van der Waals surface area contributed by atoms with E-state index in [4.69, 9.17) is 17.3 Å². The standard InChI is InChI=1S/C13H17ClF3NO/c1-2-3-4-11(19)12(18)8-5-9(13(15,16)17)7-10(14)6-8/h5-7,11-12,19H,2-4,18H2,1H3/t11-,12+/m0/s1. The highest BCUT2D eigenvalue weighted by Gasteiger charge is 2.32. The van der Waals surface area contributed by atoms with Crippen LogP contribution in [-0.4, -0.2) is 11.2 Å². The molecule has 0 bridgehead atoms. The molecule has 6 heteroatoms. The van der Waals surface area contributed by atoms with Crippen molar-refractivity contribution < 1.29 is 18.3 Å². The topological polar surface area (TPSA) is 46.2 Å². The van der Waals surface area contributed by atoms with Gasteiger partial charge in [0.25, 0.3) is 0 Å². The fraction of sp³-hybridized carbons (Fsp3) is 0.538. The number of rotatable bonds is 5. The van der Waals surface area contributed by atoms with Crippen LogP contribution >= 0.6 is 11.6 Å². The molecular formula is C13H17ClF3NO. The zero-order chi connectivity index (χ0) is 14.6. The van der Waals surface area contributed by atoms with Gasteiger partial charge in [-0.25, -0.2) is 0 Å². The van der Waals surface area contributed by atoms with Crippen molar-refractivity contribution in [1.82, 2.24) is 0 Å². The molecule has 2 atom stereocenters. The average Bonchev–Trinajstić information content (AvgIpc) is 2.33. The molecule has 1 aromatic rings. The average molecular weight is 296 g/mol. The van der Waals surface area contributed by atoms with E-state index in [0.29, 0.717) is 6.42 Å². The van der Waals surface area contributed by atoms with Gasteiger partial charge in [0.2, 0.25) is 0 Å². The van der Waals surface area contributed by atoms with E-state index in [1.165, 1.54) is 6.07 Å². The summed E-state index contributed by atoms with van der Waals surface area (Å²) in [6.07, 6.45) is -3.26. The maximum absolute atomic E-state index is 12.7. The van der Waals surface area contributed by atoms with Gasteiger partial charge in [0, 0.05) is 5.02 Å². The summed E-state index contributed by atoms with van der Waals surface area (Å²) >= 11 is 5.67. The van der Waals surface area contributed by atoms with Gasteiger partial charge >= 0.3 is 6.18 Å². The quantitative estimate of drug-likeness (QED) is 0.865. The van der Waals surface area contributed by atoms with Crippen LogP contribution in [0.1, 0.15) is 43.4 Å². The number of unbranched alkanes of at least 4 members (excludes halogenated alkanes) is 1. The van der Waals surface area contributed by atoms with Crippen molar-refractivity contribution in [3.8, 4) is 0 Å². The lowest BCUT2D eigenvalue weighted by Crippen LogP contribution is -2.26. The molecule has 19 heavy (non-hydrogen) atoms. The Balaban J connectivity index is 2.97. The third-order valence-electron chi connectivity index (χ3n) is 2.90. The van der Waals surface area contributed by atoms with Crippen molar-refractivity contribution in [1.29, 1.82) is 0 Å². The number of benzene rings is 1. The highest BCUT2D eigenvalue weighted by Crippen LogP contribution is 2.33. The molecule has 0 fully saturated rings. The van der Waals surface area contributed by atoms with Crippen molar-refractivity contribution in [2.75, 3.05) is 0 Å². The minimum Gasteiger partial charge on any atom is -0.391 e. The molecule has 0 heterocycles. The fourth-order valence-electron chi connectivity index (χ4n) is 1.78. The minimum absolute atomic E-state index is 0.0389. The molecule has 2 nitrogen and oxygen atoms in total. The molecule has 0 unspecified atom stereocenters. The number of hydrogen-bond acceptors (Lipinski definition) is 2. The van der Waals surface area contributed by atoms with Crippen LogP contribution in [0.2, 0.25) is 5.02 Å². The normalized spacial score (nSPS) is 15.3. The zero-order valence-electron chi connectivity index (χ0n) is 10.5. The van der Waals surface area contributed by atoms with E-state index in [1.54, 1.807) is 0 Å². The van der Waals surface area contributed by atoms with E-state index in [1.807, 2.05) is 6.92 Å². The highest BCUT2D eigenvalue weighted by atomic mass is 35.5. The van der Waals surface area contributed by atoms with E-state index < -0.39 is 23.9 Å². The predicted octanol–water partition coefficient (Wildman–Crippen LogP) is 3.91. The molecule has 3 N–H and O–H groups in total. The Morgan fingerprint density at radius 2 is 1.95 bits per heavy atom. The second kappa shape index (κ2) is 6.59. The van der Waals surface area contributed by atoms with Crippen molar-refractivity contribution in [3.05, 3.63) is 34.3 Å². The zero-order valence-corrected chi connectivity index (χ0v) is 11.3. The van der Waals surface area contributed by atoms with E-state index >= 15 is 0 Å². The first-order valence-corrected chi connectivity index (χ1v) is 6.44. The molecule has 0 aromatic heterocycles. The molecule has 1 aromatic carbocycles. The van der Waals surface area contributed by atoms with Crippen molar-refractivity contribution in [2.45, 2.75) is 44.5 Å². The molecule has 0 saturated carbocycles. The summed E-state index contributed by atoms with van der Waals surface area (Å²) in [6, 6.07) is 2.27. The maximum atomic E-state index is 12.7. The summed E-state index contributed by atoms with van der Waals surface area (Å²) in [5.41, 5.74) is 5.13. The molecule has 1 rings (SSSR count). The molecule has 0 amide bonds. The second-order valence-electron chi connectivity index (χ2n) is 4.51. The van der Waals surface area contributed by atoms with Crippen molar-refractivity contribution in [2.24, 2.45) is 5.73 Å². The van der Waals surface area contributed by atoms with E-state index in [0.717, 1.165) is 25.0 Å². The number of alkyl halides is 3. The van der Waals surface area contributed by atoms with Gasteiger partial charge in [-0.2, -0.15) is 13.2 Å². The lowest BCUT2D eigenvalue weighted by molar-refractivity contribution is -0.137. The van der Waals surface area contributed by atoms with E-state index in [-0.39, 0.29) is 10.6 Å². The van der Waals surface area contributed by atoms with Gasteiger partial charge in [-0.15, -0.1) is 0 Å². The van der Waals surface area contributed by atoms with Gasteiger partial charge in [0.15, 0.2) is 0 Å². The van der Waals surface area contributed by atoms with Crippen LogP contribution in [0, 0.1) is 0 Å². The summed E-state index contributed by atoms with van der Waals surface area (Å²) in [4.78, 5) is 0. The number of halogens is 4. The Morgan fingerprint density at radius 3 is 2.47 bits per heavy atom. The van der Waals surface area contributed by atoms with Crippen LogP contribution in [0.5, 0.6) is 0 Å². The van der Waals surface area contributed by atoms with Crippen LogP contribution in [0.15, 0.2) is 18.2 Å². The number of aliphatic hydroxyl groups excluding tert-OH is 1. The predicted molar refractivity (Wildman–Crippen MR) is 68.9 cm³/mol. The summed E-state index contributed by atoms with van der Waals surface area (Å²) in [5, 5.41) is 9.80. The SMILES string of the molecule is CCCC[C@H](O)[C@H](N)c1cc(Cl)cc(C(F)(F)F)c1. The van der Waals surface area contributed by atoms with E-state index in [2.05, 4.69) is 0 Å². The first-order chi connectivity index (χ1) is 8.75. The Kier molecular flexibility index (Phi) is 5.64. The molecule has 0 saturated heterocycles. The Hall–Kier alpha value is -0.780. The molecule has 0 spiro atoms. The summed E-state index contributed by atoms with van der Waals surface area (Å²) < 4.78 is 38.0. The summed E-state index contributed by atoms with van der Waals surface area (Å²) in [6.45, 7) is 1.96. The van der Waals surface area contributed by atoms with Crippen molar-refractivity contribution >= 4 is 11.6 Å². The molecular weight excluding hydrogens is 279 g/mol. The Bertz CT molecular complexity index is 423. The largest absolute Gasteiger partial charge is 0.416 e. The number of hydrogen-bond donors (Lipinski definition) is 2. The molecule has 0 aliphatic carbocycles. The van der Waals surface area contributed by atoms with Gasteiger partial charge in [0.05, 0.1) is 17.7 Å². The number of nitrogens with two attached hydrogens (primary N) is 1. The van der Waals surface area contributed by atoms with Crippen LogP contribution < -0.4 is 5.73 Å².